The van der Waals surface area contributed by atoms with Crippen LogP contribution in [0.3, 0.4) is 0 Å². The summed E-state index contributed by atoms with van der Waals surface area (Å²) < 4.78 is 7.32. The van der Waals surface area contributed by atoms with Gasteiger partial charge in [-0.2, -0.15) is 0 Å². The molecule has 0 spiro atoms. The molecule has 0 amide bonds. The largest absolute Gasteiger partial charge is 0.494 e. The van der Waals surface area contributed by atoms with Crippen LogP contribution in [0.2, 0.25) is 0 Å². The Morgan fingerprint density at radius 2 is 1.82 bits per heavy atom. The summed E-state index contributed by atoms with van der Waals surface area (Å²) in [7, 11) is 1.48. The number of methoxy groups -OCH3 is 1. The molecule has 0 atom stereocenters. The molecule has 0 bridgehead atoms. The number of hydrogen-bond donors (Lipinski definition) is 0. The SMILES string of the molecule is COc1cc([N+](=O)[O-])ccc1-n1c(C)cc(/C=C/C(=O)c2ccccc2)c1C. The number of allylic oxidation sites excluding steroid dienone is 1. The predicted octanol–water partition coefficient (Wildman–Crippen LogP) is 4.91. The number of ketones is 1. The molecule has 3 rings (SSSR count). The standard InChI is InChI=1S/C22H20N2O4/c1-15-13-18(9-12-21(25)17-7-5-4-6-8-17)16(2)23(15)20-11-10-19(24(26)27)14-22(20)28-3/h4-14H,1-3H3/b12-9+. The molecule has 1 aromatic heterocycles. The Kier molecular flexibility index (Phi) is 5.40. The monoisotopic (exact) mass is 376 g/mol. The molecule has 0 aliphatic rings. The van der Waals surface area contributed by atoms with Crippen molar-refractivity contribution in [2.75, 3.05) is 7.11 Å². The topological polar surface area (TPSA) is 74.4 Å². The quantitative estimate of drug-likeness (QED) is 0.265. The minimum Gasteiger partial charge on any atom is -0.494 e. The fraction of sp³-hybridized carbons (Fsp3) is 0.136. The first-order valence-corrected chi connectivity index (χ1v) is 8.71. The third kappa shape index (κ3) is 3.71. The van der Waals surface area contributed by atoms with E-state index in [2.05, 4.69) is 0 Å². The number of carbonyl (C=O) groups is 1. The minimum atomic E-state index is -0.453. The number of benzene rings is 2. The summed E-state index contributed by atoms with van der Waals surface area (Å²) in [5.41, 5.74) is 4.03. The fourth-order valence-electron chi connectivity index (χ4n) is 3.16. The zero-order chi connectivity index (χ0) is 20.3. The second kappa shape index (κ2) is 7.92. The Labute approximate surface area is 162 Å². The first-order valence-electron chi connectivity index (χ1n) is 8.71. The highest BCUT2D eigenvalue weighted by Gasteiger charge is 2.16. The van der Waals surface area contributed by atoms with Crippen LogP contribution < -0.4 is 4.74 Å². The molecule has 2 aromatic carbocycles. The van der Waals surface area contributed by atoms with Gasteiger partial charge in [-0.1, -0.05) is 30.3 Å². The molecule has 0 aliphatic heterocycles. The molecule has 0 saturated carbocycles. The van der Waals surface area contributed by atoms with Crippen LogP contribution in [0, 0.1) is 24.0 Å². The van der Waals surface area contributed by atoms with Gasteiger partial charge in [-0.05, 0) is 43.7 Å². The summed E-state index contributed by atoms with van der Waals surface area (Å²) in [6.45, 7) is 3.87. The first kappa shape index (κ1) is 19.1. The van der Waals surface area contributed by atoms with Gasteiger partial charge in [0.1, 0.15) is 5.75 Å². The molecule has 6 heteroatoms. The molecule has 3 aromatic rings. The van der Waals surface area contributed by atoms with Crippen molar-refractivity contribution in [1.82, 2.24) is 4.57 Å². The molecule has 142 valence electrons. The van der Waals surface area contributed by atoms with Gasteiger partial charge in [-0.25, -0.2) is 0 Å². The van der Waals surface area contributed by atoms with Crippen molar-refractivity contribution in [2.24, 2.45) is 0 Å². The van der Waals surface area contributed by atoms with Crippen molar-refractivity contribution in [3.63, 3.8) is 0 Å². The normalized spacial score (nSPS) is 11.0. The number of ether oxygens (including phenoxy) is 1. The zero-order valence-electron chi connectivity index (χ0n) is 15.9. The van der Waals surface area contributed by atoms with Gasteiger partial charge in [0.2, 0.25) is 0 Å². The van der Waals surface area contributed by atoms with Gasteiger partial charge in [-0.3, -0.25) is 14.9 Å². The lowest BCUT2D eigenvalue weighted by Crippen LogP contribution is -2.03. The van der Waals surface area contributed by atoms with Gasteiger partial charge in [0, 0.05) is 23.0 Å². The number of carbonyl (C=O) groups excluding carboxylic acids is 1. The summed E-state index contributed by atoms with van der Waals surface area (Å²) in [6.07, 6.45) is 3.33. The van der Waals surface area contributed by atoms with Crippen molar-refractivity contribution < 1.29 is 14.5 Å². The number of nitrogens with zero attached hydrogens (tertiary/aromatic N) is 2. The molecule has 0 radical (unpaired) electrons. The Morgan fingerprint density at radius 3 is 2.46 bits per heavy atom. The maximum Gasteiger partial charge on any atom is 0.273 e. The van der Waals surface area contributed by atoms with Crippen LogP contribution in [0.5, 0.6) is 5.75 Å². The van der Waals surface area contributed by atoms with E-state index in [9.17, 15) is 14.9 Å². The van der Waals surface area contributed by atoms with E-state index in [0.29, 0.717) is 17.0 Å². The smallest absolute Gasteiger partial charge is 0.273 e. The molecule has 6 nitrogen and oxygen atoms in total. The van der Waals surface area contributed by atoms with Gasteiger partial charge < -0.3 is 9.30 Å². The number of nitro groups is 1. The molecule has 0 N–H and O–H groups in total. The third-order valence-electron chi connectivity index (χ3n) is 4.56. The van der Waals surface area contributed by atoms with Crippen molar-refractivity contribution in [3.05, 3.63) is 93.3 Å². The number of hydrogen-bond acceptors (Lipinski definition) is 4. The minimum absolute atomic E-state index is 0.0309. The molecule has 0 unspecified atom stereocenters. The van der Waals surface area contributed by atoms with Gasteiger partial charge in [0.05, 0.1) is 23.8 Å². The highest BCUT2D eigenvalue weighted by atomic mass is 16.6. The van der Waals surface area contributed by atoms with Crippen LogP contribution in [0.25, 0.3) is 11.8 Å². The van der Waals surface area contributed by atoms with Crippen LogP contribution in [0.4, 0.5) is 5.69 Å². The van der Waals surface area contributed by atoms with Crippen LogP contribution in [-0.2, 0) is 0 Å². The number of nitro benzene ring substituents is 1. The van der Waals surface area contributed by atoms with Crippen LogP contribution >= 0.6 is 0 Å². The van der Waals surface area contributed by atoms with Gasteiger partial charge in [-0.15, -0.1) is 0 Å². The molecule has 0 saturated heterocycles. The molecular weight excluding hydrogens is 356 g/mol. The van der Waals surface area contributed by atoms with Gasteiger partial charge in [0.15, 0.2) is 5.78 Å². The lowest BCUT2D eigenvalue weighted by atomic mass is 10.1. The third-order valence-corrected chi connectivity index (χ3v) is 4.56. The Bertz CT molecular complexity index is 1070. The summed E-state index contributed by atoms with van der Waals surface area (Å²) >= 11 is 0. The zero-order valence-corrected chi connectivity index (χ0v) is 15.9. The average Bonchev–Trinajstić information content (AvgIpc) is 2.99. The van der Waals surface area contributed by atoms with Gasteiger partial charge in [0.25, 0.3) is 5.69 Å². The second-order valence-corrected chi connectivity index (χ2v) is 6.34. The maximum absolute atomic E-state index is 12.3. The first-order chi connectivity index (χ1) is 13.4. The van der Waals surface area contributed by atoms with E-state index in [0.717, 1.165) is 17.0 Å². The van der Waals surface area contributed by atoms with Crippen LogP contribution in [0.15, 0.2) is 60.7 Å². The van der Waals surface area contributed by atoms with Gasteiger partial charge >= 0.3 is 0 Å². The van der Waals surface area contributed by atoms with E-state index < -0.39 is 4.92 Å². The average molecular weight is 376 g/mol. The summed E-state index contributed by atoms with van der Waals surface area (Å²) in [6, 6.07) is 15.6. The second-order valence-electron chi connectivity index (χ2n) is 6.34. The Balaban J connectivity index is 1.98. The van der Waals surface area contributed by atoms with E-state index in [4.69, 9.17) is 4.74 Å². The lowest BCUT2D eigenvalue weighted by Gasteiger charge is -2.13. The van der Waals surface area contributed by atoms with Crippen molar-refractivity contribution in [1.29, 1.82) is 0 Å². The number of rotatable bonds is 6. The van der Waals surface area contributed by atoms with E-state index in [1.165, 1.54) is 19.2 Å². The van der Waals surface area contributed by atoms with Crippen LogP contribution in [0.1, 0.15) is 27.3 Å². The van der Waals surface area contributed by atoms with E-state index in [1.54, 1.807) is 30.4 Å². The van der Waals surface area contributed by atoms with Crippen LogP contribution in [-0.4, -0.2) is 22.4 Å². The fourth-order valence-corrected chi connectivity index (χ4v) is 3.16. The maximum atomic E-state index is 12.3. The van der Waals surface area contributed by atoms with Crippen molar-refractivity contribution >= 4 is 17.5 Å². The van der Waals surface area contributed by atoms with E-state index in [1.807, 2.05) is 42.7 Å². The highest BCUT2D eigenvalue weighted by molar-refractivity contribution is 6.06. The van der Waals surface area contributed by atoms with E-state index in [-0.39, 0.29) is 11.5 Å². The summed E-state index contributed by atoms with van der Waals surface area (Å²) in [5, 5.41) is 11.0. The lowest BCUT2D eigenvalue weighted by molar-refractivity contribution is -0.384. The Hall–Kier alpha value is -3.67. The highest BCUT2D eigenvalue weighted by Crippen LogP contribution is 2.31. The predicted molar refractivity (Wildman–Crippen MR) is 108 cm³/mol. The van der Waals surface area contributed by atoms with E-state index >= 15 is 0 Å². The summed E-state index contributed by atoms with van der Waals surface area (Å²) in [4.78, 5) is 22.9. The number of aryl methyl sites for hydroxylation is 1. The molecule has 1 heterocycles. The summed E-state index contributed by atoms with van der Waals surface area (Å²) in [5.74, 6) is 0.338. The molecule has 0 aliphatic carbocycles. The molecule has 0 fully saturated rings. The van der Waals surface area contributed by atoms with Crippen molar-refractivity contribution in [3.8, 4) is 11.4 Å². The molecular formula is C22H20N2O4. The van der Waals surface area contributed by atoms with Crippen molar-refractivity contribution in [2.45, 2.75) is 13.8 Å². The molecule has 28 heavy (non-hydrogen) atoms. The Morgan fingerprint density at radius 1 is 1.11 bits per heavy atom. The number of aromatic nitrogens is 1. The number of non-ortho nitro benzene ring substituents is 1.